The summed E-state index contributed by atoms with van der Waals surface area (Å²) >= 11 is 12.2. The number of benzene rings is 1. The topological polar surface area (TPSA) is 68.2 Å². The van der Waals surface area contributed by atoms with Crippen molar-refractivity contribution in [1.82, 2.24) is 4.98 Å². The number of nitrogens with two attached hydrogens (primary N) is 2. The SMILES string of the molecule is Nc1c(N(N)CC2CC2)ccc(C#Cc2ccnc(Cl)c2)c1Cl. The average Bonchev–Trinajstić information content (AvgIpc) is 3.32. The van der Waals surface area contributed by atoms with Crippen LogP contribution in [0.2, 0.25) is 10.2 Å². The third-order valence-electron chi connectivity index (χ3n) is 3.69. The van der Waals surface area contributed by atoms with E-state index in [9.17, 15) is 0 Å². The maximum absolute atomic E-state index is 6.34. The maximum Gasteiger partial charge on any atom is 0.130 e. The van der Waals surface area contributed by atoms with Crippen molar-refractivity contribution < 1.29 is 0 Å². The smallest absolute Gasteiger partial charge is 0.130 e. The lowest BCUT2D eigenvalue weighted by atomic mass is 10.1. The summed E-state index contributed by atoms with van der Waals surface area (Å²) in [5.41, 5.74) is 8.73. The van der Waals surface area contributed by atoms with Crippen molar-refractivity contribution >= 4 is 34.6 Å². The first-order valence-corrected chi connectivity index (χ1v) is 8.04. The Morgan fingerprint density at radius 1 is 1.22 bits per heavy atom. The van der Waals surface area contributed by atoms with Crippen LogP contribution in [0.5, 0.6) is 0 Å². The maximum atomic E-state index is 6.34. The van der Waals surface area contributed by atoms with Crippen LogP contribution < -0.4 is 16.6 Å². The molecule has 23 heavy (non-hydrogen) atoms. The molecule has 4 nitrogen and oxygen atoms in total. The minimum absolute atomic E-state index is 0.400. The summed E-state index contributed by atoms with van der Waals surface area (Å²) in [7, 11) is 0. The molecule has 0 radical (unpaired) electrons. The predicted molar refractivity (Wildman–Crippen MR) is 95.3 cm³/mol. The molecule has 1 aliphatic carbocycles. The fraction of sp³-hybridized carbons (Fsp3) is 0.235. The molecular weight excluding hydrogens is 331 g/mol. The van der Waals surface area contributed by atoms with Crippen molar-refractivity contribution in [3.63, 3.8) is 0 Å². The van der Waals surface area contributed by atoms with Crippen LogP contribution in [0.3, 0.4) is 0 Å². The van der Waals surface area contributed by atoms with Crippen LogP contribution >= 0.6 is 23.2 Å². The van der Waals surface area contributed by atoms with Crippen molar-refractivity contribution in [3.8, 4) is 11.8 Å². The monoisotopic (exact) mass is 346 g/mol. The predicted octanol–water partition coefficient (Wildman–Crippen LogP) is 3.46. The van der Waals surface area contributed by atoms with E-state index in [0.717, 1.165) is 17.8 Å². The van der Waals surface area contributed by atoms with E-state index in [2.05, 4.69) is 16.8 Å². The molecule has 1 saturated carbocycles. The molecule has 2 aromatic rings. The van der Waals surface area contributed by atoms with Gasteiger partial charge in [-0.15, -0.1) is 0 Å². The molecule has 1 heterocycles. The molecule has 0 bridgehead atoms. The van der Waals surface area contributed by atoms with E-state index >= 15 is 0 Å². The Hall–Kier alpha value is -1.93. The molecule has 1 aliphatic rings. The molecule has 0 amide bonds. The van der Waals surface area contributed by atoms with Crippen molar-refractivity contribution in [2.45, 2.75) is 12.8 Å². The van der Waals surface area contributed by atoms with Gasteiger partial charge < -0.3 is 10.7 Å². The highest BCUT2D eigenvalue weighted by Gasteiger charge is 2.24. The molecule has 0 spiro atoms. The van der Waals surface area contributed by atoms with E-state index < -0.39 is 0 Å². The molecule has 118 valence electrons. The zero-order valence-electron chi connectivity index (χ0n) is 12.4. The highest BCUT2D eigenvalue weighted by Crippen LogP contribution is 2.35. The van der Waals surface area contributed by atoms with Crippen molar-refractivity contribution in [2.75, 3.05) is 17.3 Å². The van der Waals surface area contributed by atoms with E-state index in [-0.39, 0.29) is 0 Å². The van der Waals surface area contributed by atoms with E-state index in [1.54, 1.807) is 23.3 Å². The first-order chi connectivity index (χ1) is 11.0. The lowest BCUT2D eigenvalue weighted by Gasteiger charge is -2.21. The Balaban J connectivity index is 1.85. The summed E-state index contributed by atoms with van der Waals surface area (Å²) in [6.45, 7) is 0.793. The second-order valence-corrected chi connectivity index (χ2v) is 6.34. The third-order valence-corrected chi connectivity index (χ3v) is 4.30. The average molecular weight is 347 g/mol. The molecular formula is C17H16Cl2N4. The van der Waals surface area contributed by atoms with Gasteiger partial charge in [0.25, 0.3) is 0 Å². The fourth-order valence-electron chi connectivity index (χ4n) is 2.23. The van der Waals surface area contributed by atoms with Crippen LogP contribution in [-0.4, -0.2) is 11.5 Å². The highest BCUT2D eigenvalue weighted by atomic mass is 35.5. The Bertz CT molecular complexity index is 791. The van der Waals surface area contributed by atoms with Gasteiger partial charge in [-0.1, -0.05) is 35.0 Å². The summed E-state index contributed by atoms with van der Waals surface area (Å²) in [6, 6.07) is 7.16. The number of nitrogen functional groups attached to an aromatic ring is 1. The van der Waals surface area contributed by atoms with E-state index in [4.69, 9.17) is 34.8 Å². The summed E-state index contributed by atoms with van der Waals surface area (Å²) in [6.07, 6.45) is 4.05. The van der Waals surface area contributed by atoms with Crippen LogP contribution in [0.15, 0.2) is 30.5 Å². The molecule has 0 unspecified atom stereocenters. The number of hydrazine groups is 1. The second kappa shape index (κ2) is 6.67. The van der Waals surface area contributed by atoms with Gasteiger partial charge in [0.2, 0.25) is 0 Å². The van der Waals surface area contributed by atoms with Gasteiger partial charge in [-0.25, -0.2) is 10.8 Å². The number of hydrogen-bond donors (Lipinski definition) is 2. The number of aromatic nitrogens is 1. The summed E-state index contributed by atoms with van der Waals surface area (Å²) in [5.74, 6) is 12.7. The van der Waals surface area contributed by atoms with Crippen molar-refractivity contribution in [1.29, 1.82) is 0 Å². The van der Waals surface area contributed by atoms with E-state index in [1.807, 2.05) is 12.1 Å². The first-order valence-electron chi connectivity index (χ1n) is 7.28. The second-order valence-electron chi connectivity index (χ2n) is 5.57. The van der Waals surface area contributed by atoms with E-state index in [0.29, 0.717) is 27.3 Å². The van der Waals surface area contributed by atoms with Gasteiger partial charge in [-0.2, -0.15) is 0 Å². The number of rotatable bonds is 3. The van der Waals surface area contributed by atoms with Crippen LogP contribution in [0.1, 0.15) is 24.0 Å². The zero-order chi connectivity index (χ0) is 16.4. The largest absolute Gasteiger partial charge is 0.396 e. The van der Waals surface area contributed by atoms with E-state index in [1.165, 1.54) is 12.8 Å². The van der Waals surface area contributed by atoms with Crippen LogP contribution in [0, 0.1) is 17.8 Å². The Labute approximate surface area is 145 Å². The van der Waals surface area contributed by atoms with Gasteiger partial charge in [-0.3, -0.25) is 0 Å². The van der Waals surface area contributed by atoms with Gasteiger partial charge >= 0.3 is 0 Å². The summed E-state index contributed by atoms with van der Waals surface area (Å²) < 4.78 is 0. The third kappa shape index (κ3) is 3.89. The molecule has 6 heteroatoms. The Morgan fingerprint density at radius 3 is 2.70 bits per heavy atom. The standard InChI is InChI=1S/C17H16Cl2N4/c18-15-9-11(7-8-22-15)3-4-13-5-6-14(17(20)16(13)19)23(21)10-12-1-2-12/h5-9,12H,1-2,10,20-21H2. The minimum Gasteiger partial charge on any atom is -0.396 e. The lowest BCUT2D eigenvalue weighted by molar-refractivity contribution is 0.751. The summed E-state index contributed by atoms with van der Waals surface area (Å²) in [5, 5.41) is 2.48. The number of halogens is 2. The molecule has 0 aliphatic heterocycles. The molecule has 4 N–H and O–H groups in total. The molecule has 0 atom stereocenters. The Morgan fingerprint density at radius 2 is 2.00 bits per heavy atom. The van der Waals surface area contributed by atoms with Gasteiger partial charge in [0.05, 0.1) is 16.4 Å². The first kappa shape index (κ1) is 15.9. The summed E-state index contributed by atoms with van der Waals surface area (Å²) in [4.78, 5) is 3.92. The number of pyridine rings is 1. The van der Waals surface area contributed by atoms with Crippen LogP contribution in [-0.2, 0) is 0 Å². The van der Waals surface area contributed by atoms with Gasteiger partial charge in [0, 0.05) is 23.9 Å². The highest BCUT2D eigenvalue weighted by molar-refractivity contribution is 6.35. The van der Waals surface area contributed by atoms with Crippen LogP contribution in [0.25, 0.3) is 0 Å². The van der Waals surface area contributed by atoms with Gasteiger partial charge in [0.15, 0.2) is 0 Å². The molecule has 1 aromatic carbocycles. The van der Waals surface area contributed by atoms with Crippen molar-refractivity contribution in [2.24, 2.45) is 11.8 Å². The molecule has 1 aromatic heterocycles. The van der Waals surface area contributed by atoms with Gasteiger partial charge in [-0.05, 0) is 43.0 Å². The Kier molecular flexibility index (Phi) is 4.63. The fourth-order valence-corrected chi connectivity index (χ4v) is 2.61. The number of hydrogen-bond acceptors (Lipinski definition) is 4. The van der Waals surface area contributed by atoms with Crippen molar-refractivity contribution in [3.05, 3.63) is 51.8 Å². The van der Waals surface area contributed by atoms with Crippen LogP contribution in [0.4, 0.5) is 11.4 Å². The molecule has 3 rings (SSSR count). The molecule has 1 fully saturated rings. The zero-order valence-corrected chi connectivity index (χ0v) is 13.9. The normalized spacial score (nSPS) is 13.3. The quantitative estimate of drug-likeness (QED) is 0.293. The molecule has 0 saturated heterocycles. The minimum atomic E-state index is 0.400. The number of anilines is 2. The lowest BCUT2D eigenvalue weighted by Crippen LogP contribution is -2.33. The van der Waals surface area contributed by atoms with Gasteiger partial charge in [0.1, 0.15) is 5.15 Å². The number of nitrogens with zero attached hydrogens (tertiary/aromatic N) is 2.